The van der Waals surface area contributed by atoms with Crippen LogP contribution in [0.1, 0.15) is 51.1 Å². The number of carbonyl (C=O) groups is 3. The summed E-state index contributed by atoms with van der Waals surface area (Å²) >= 11 is 0. The Kier molecular flexibility index (Phi) is 10.3. The number of carboxylic acid groups (broad SMARTS) is 2. The average Bonchev–Trinajstić information content (AvgIpc) is 3.06. The molecule has 4 aromatic rings. The third-order valence-electron chi connectivity index (χ3n) is 7.71. The molecule has 1 fully saturated rings. The van der Waals surface area contributed by atoms with Gasteiger partial charge >= 0.3 is 12.1 Å². The van der Waals surface area contributed by atoms with Crippen LogP contribution in [0.5, 0.6) is 11.5 Å². The molecule has 1 saturated heterocycles. The molecule has 1 aliphatic heterocycles. The zero-order valence-corrected chi connectivity index (χ0v) is 24.8. The zero-order chi connectivity index (χ0) is 31.6. The molecule has 2 N–H and O–H groups in total. The average molecular weight is 610 g/mol. The molecule has 0 radical (unpaired) electrons. The highest BCUT2D eigenvalue weighted by atomic mass is 16.7. The lowest BCUT2D eigenvalue weighted by Crippen LogP contribution is -2.41. The second-order valence-electron chi connectivity index (χ2n) is 10.8. The van der Waals surface area contributed by atoms with Gasteiger partial charge in [0.05, 0.1) is 17.7 Å². The summed E-state index contributed by atoms with van der Waals surface area (Å²) in [6.45, 7) is 1.40. The van der Waals surface area contributed by atoms with Gasteiger partial charge in [0.25, 0.3) is 5.91 Å². The number of piperidine rings is 1. The summed E-state index contributed by atoms with van der Waals surface area (Å²) in [7, 11) is 0. The van der Waals surface area contributed by atoms with Crippen LogP contribution < -0.4 is 9.47 Å². The summed E-state index contributed by atoms with van der Waals surface area (Å²) in [5.41, 5.74) is 4.70. The molecule has 9 heteroatoms. The maximum atomic E-state index is 13.3. The Hall–Kier alpha value is -5.31. The molecule has 232 valence electrons. The number of carbonyl (C=O) groups excluding carboxylic acids is 1. The molecule has 4 aromatic carbocycles. The molecule has 5 rings (SSSR count). The minimum absolute atomic E-state index is 0.0127. The summed E-state index contributed by atoms with van der Waals surface area (Å²) in [6, 6.07) is 30.8. The molecule has 0 atom stereocenters. The molecule has 0 aromatic heterocycles. The van der Waals surface area contributed by atoms with Crippen molar-refractivity contribution >= 4 is 18.0 Å². The van der Waals surface area contributed by atoms with Crippen molar-refractivity contribution in [2.75, 3.05) is 19.7 Å². The number of ether oxygens (including phenoxy) is 3. The lowest BCUT2D eigenvalue weighted by Gasteiger charge is -2.31. The van der Waals surface area contributed by atoms with E-state index in [9.17, 15) is 19.5 Å². The van der Waals surface area contributed by atoms with Crippen molar-refractivity contribution in [1.29, 1.82) is 0 Å². The summed E-state index contributed by atoms with van der Waals surface area (Å²) in [6.07, 6.45) is 0.368. The molecular formula is C36H35NO8. The Morgan fingerprint density at radius 1 is 0.756 bits per heavy atom. The molecule has 0 saturated carbocycles. The van der Waals surface area contributed by atoms with E-state index in [2.05, 4.69) is 36.4 Å². The highest BCUT2D eigenvalue weighted by molar-refractivity contribution is 6.00. The number of aryl methyl sites for hydroxylation is 1. The van der Waals surface area contributed by atoms with E-state index in [1.807, 2.05) is 42.5 Å². The maximum absolute atomic E-state index is 13.3. The van der Waals surface area contributed by atoms with Crippen LogP contribution in [0.2, 0.25) is 0 Å². The fourth-order valence-corrected chi connectivity index (χ4v) is 5.25. The van der Waals surface area contributed by atoms with Gasteiger partial charge in [-0.25, -0.2) is 9.59 Å². The number of benzene rings is 4. The summed E-state index contributed by atoms with van der Waals surface area (Å²) in [5.74, 6) is -0.404. The van der Waals surface area contributed by atoms with E-state index in [-0.39, 0.29) is 17.0 Å². The van der Waals surface area contributed by atoms with E-state index in [1.54, 1.807) is 4.90 Å². The summed E-state index contributed by atoms with van der Waals surface area (Å²) in [5, 5.41) is 18.3. The fourth-order valence-electron chi connectivity index (χ4n) is 5.25. The van der Waals surface area contributed by atoms with Gasteiger partial charge in [0.1, 0.15) is 24.2 Å². The van der Waals surface area contributed by atoms with Crippen molar-refractivity contribution in [3.63, 3.8) is 0 Å². The van der Waals surface area contributed by atoms with E-state index in [4.69, 9.17) is 19.3 Å². The normalized spacial score (nSPS) is 13.2. The Morgan fingerprint density at radius 3 is 2.09 bits per heavy atom. The number of likely N-dealkylation sites (tertiary alicyclic amines) is 1. The SMILES string of the molecule is O=C(O)OC1CCN(C(=O)c2cc(C(=O)O)ccc2OCCCc2ccc(OCc3ccc(-c4ccccc4)cc3)cc2)CC1. The number of aromatic carboxylic acids is 1. The number of rotatable bonds is 12. The smallest absolute Gasteiger partial charge is 0.493 e. The Labute approximate surface area is 261 Å². The molecule has 1 amide bonds. The van der Waals surface area contributed by atoms with Gasteiger partial charge in [-0.1, -0.05) is 66.7 Å². The number of carboxylic acids is 1. The first-order chi connectivity index (χ1) is 21.9. The number of hydrogen-bond donors (Lipinski definition) is 2. The van der Waals surface area contributed by atoms with Crippen LogP contribution in [0.3, 0.4) is 0 Å². The van der Waals surface area contributed by atoms with E-state index in [0.717, 1.165) is 28.9 Å². The molecule has 45 heavy (non-hydrogen) atoms. The monoisotopic (exact) mass is 609 g/mol. The zero-order valence-electron chi connectivity index (χ0n) is 24.8. The molecular weight excluding hydrogens is 574 g/mol. The van der Waals surface area contributed by atoms with Gasteiger partial charge < -0.3 is 29.3 Å². The molecule has 1 heterocycles. The topological polar surface area (TPSA) is 123 Å². The van der Waals surface area contributed by atoms with Crippen molar-refractivity contribution in [2.45, 2.75) is 38.4 Å². The highest BCUT2D eigenvalue weighted by Gasteiger charge is 2.28. The van der Waals surface area contributed by atoms with Gasteiger partial charge in [0.15, 0.2) is 0 Å². The van der Waals surface area contributed by atoms with E-state index in [1.165, 1.54) is 23.8 Å². The fraction of sp³-hybridized carbons (Fsp3) is 0.250. The van der Waals surface area contributed by atoms with Gasteiger partial charge in [-0.3, -0.25) is 4.79 Å². The number of nitrogens with zero attached hydrogens (tertiary/aromatic N) is 1. The first kappa shape index (κ1) is 31.1. The predicted octanol–water partition coefficient (Wildman–Crippen LogP) is 6.94. The largest absolute Gasteiger partial charge is 0.506 e. The van der Waals surface area contributed by atoms with Gasteiger partial charge in [-0.15, -0.1) is 0 Å². The van der Waals surface area contributed by atoms with Crippen LogP contribution in [0.15, 0.2) is 97.1 Å². The minimum Gasteiger partial charge on any atom is -0.493 e. The Bertz CT molecular complexity index is 1590. The van der Waals surface area contributed by atoms with Gasteiger partial charge in [0.2, 0.25) is 0 Å². The second kappa shape index (κ2) is 14.9. The molecule has 9 nitrogen and oxygen atoms in total. The van der Waals surface area contributed by atoms with E-state index in [0.29, 0.717) is 51.3 Å². The van der Waals surface area contributed by atoms with Crippen molar-refractivity contribution in [1.82, 2.24) is 4.90 Å². The van der Waals surface area contributed by atoms with Crippen LogP contribution in [0.25, 0.3) is 11.1 Å². The quantitative estimate of drug-likeness (QED) is 0.131. The van der Waals surface area contributed by atoms with Crippen molar-refractivity contribution < 1.29 is 38.8 Å². The minimum atomic E-state index is -1.34. The van der Waals surface area contributed by atoms with E-state index < -0.39 is 18.2 Å². The molecule has 0 spiro atoms. The first-order valence-electron chi connectivity index (χ1n) is 14.9. The predicted molar refractivity (Wildman–Crippen MR) is 168 cm³/mol. The molecule has 0 bridgehead atoms. The standard InChI is InChI=1S/C36H35NO8/c38-34(37-20-18-31(19-21-37)45-36(41)42)32-23-29(35(39)40)14-17-33(32)43-22-4-5-25-10-15-30(16-11-25)44-24-26-8-12-28(13-9-26)27-6-2-1-3-7-27/h1-3,6-17,23,31H,4-5,18-22,24H2,(H,39,40)(H,41,42). The van der Waals surface area contributed by atoms with Crippen LogP contribution in [0.4, 0.5) is 4.79 Å². The van der Waals surface area contributed by atoms with Crippen molar-refractivity contribution in [3.05, 3.63) is 119 Å². The molecule has 0 aliphatic carbocycles. The van der Waals surface area contributed by atoms with Crippen LogP contribution >= 0.6 is 0 Å². The van der Waals surface area contributed by atoms with Gasteiger partial charge in [-0.05, 0) is 65.4 Å². The Balaban J connectivity index is 1.10. The highest BCUT2D eigenvalue weighted by Crippen LogP contribution is 2.26. The Morgan fingerprint density at radius 2 is 1.42 bits per heavy atom. The molecule has 0 unspecified atom stereocenters. The lowest BCUT2D eigenvalue weighted by atomic mass is 10.0. The van der Waals surface area contributed by atoms with E-state index >= 15 is 0 Å². The third-order valence-corrected chi connectivity index (χ3v) is 7.71. The number of hydrogen-bond acceptors (Lipinski definition) is 6. The van der Waals surface area contributed by atoms with Crippen molar-refractivity contribution in [3.8, 4) is 22.6 Å². The van der Waals surface area contributed by atoms with Crippen LogP contribution in [-0.4, -0.2) is 58.9 Å². The molecule has 1 aliphatic rings. The van der Waals surface area contributed by atoms with Crippen molar-refractivity contribution in [2.24, 2.45) is 0 Å². The first-order valence-corrected chi connectivity index (χ1v) is 14.9. The number of amides is 1. The van der Waals surface area contributed by atoms with Gasteiger partial charge in [0, 0.05) is 25.9 Å². The van der Waals surface area contributed by atoms with Gasteiger partial charge in [-0.2, -0.15) is 0 Å². The maximum Gasteiger partial charge on any atom is 0.506 e. The summed E-state index contributed by atoms with van der Waals surface area (Å²) < 4.78 is 16.8. The van der Waals surface area contributed by atoms with Crippen LogP contribution in [-0.2, 0) is 17.8 Å². The third kappa shape index (κ3) is 8.63. The van der Waals surface area contributed by atoms with Crippen LogP contribution in [0, 0.1) is 0 Å². The lowest BCUT2D eigenvalue weighted by molar-refractivity contribution is 0.0198. The second-order valence-corrected chi connectivity index (χ2v) is 10.8. The summed E-state index contributed by atoms with van der Waals surface area (Å²) in [4.78, 5) is 37.3.